The Morgan fingerprint density at radius 2 is 2.21 bits per heavy atom. The molecule has 2 N–H and O–H groups in total. The average molecular weight is 271 g/mol. The van der Waals surface area contributed by atoms with Crippen molar-refractivity contribution >= 4 is 11.7 Å². The number of benzene rings is 1. The number of carboxylic acids is 1. The molecule has 1 aliphatic rings. The molecule has 0 radical (unpaired) electrons. The summed E-state index contributed by atoms with van der Waals surface area (Å²) in [5.41, 5.74) is -1.13. The molecule has 1 unspecified atom stereocenters. The molecule has 1 atom stereocenters. The Morgan fingerprint density at radius 3 is 2.79 bits per heavy atom. The Morgan fingerprint density at radius 1 is 1.47 bits per heavy atom. The molecule has 1 aromatic carbocycles. The molecule has 0 aliphatic carbocycles. The number of rotatable bonds is 4. The van der Waals surface area contributed by atoms with Crippen molar-refractivity contribution in [1.82, 2.24) is 0 Å². The standard InChI is InChI=1S/C13H15F2NO3/c1-13(5-2-6-19-13)7-16-9-4-3-8(12(17)18)10(14)11(9)15/h3-4,16H,2,5-7H2,1H3,(H,17,18). The highest BCUT2D eigenvalue weighted by Gasteiger charge is 2.30. The van der Waals surface area contributed by atoms with Gasteiger partial charge in [-0.15, -0.1) is 0 Å². The maximum Gasteiger partial charge on any atom is 0.338 e. The van der Waals surface area contributed by atoms with E-state index < -0.39 is 28.8 Å². The van der Waals surface area contributed by atoms with Crippen LogP contribution in [0.2, 0.25) is 0 Å². The third kappa shape index (κ3) is 2.84. The predicted molar refractivity (Wildman–Crippen MR) is 65.4 cm³/mol. The van der Waals surface area contributed by atoms with Crippen LogP contribution in [-0.4, -0.2) is 29.8 Å². The molecule has 0 bridgehead atoms. The largest absolute Gasteiger partial charge is 0.478 e. The highest BCUT2D eigenvalue weighted by molar-refractivity contribution is 5.88. The number of hydrogen-bond donors (Lipinski definition) is 2. The SMILES string of the molecule is CC1(CNc2ccc(C(=O)O)c(F)c2F)CCCO1. The minimum Gasteiger partial charge on any atom is -0.478 e. The van der Waals surface area contributed by atoms with E-state index in [9.17, 15) is 13.6 Å². The molecule has 6 heteroatoms. The molecular formula is C13H15F2NO3. The normalized spacial score (nSPS) is 22.5. The van der Waals surface area contributed by atoms with Crippen LogP contribution in [-0.2, 0) is 4.74 Å². The number of hydrogen-bond acceptors (Lipinski definition) is 3. The molecule has 104 valence electrons. The van der Waals surface area contributed by atoms with Crippen molar-refractivity contribution in [3.63, 3.8) is 0 Å². The van der Waals surface area contributed by atoms with Crippen LogP contribution in [0.5, 0.6) is 0 Å². The monoisotopic (exact) mass is 271 g/mol. The van der Waals surface area contributed by atoms with Gasteiger partial charge in [-0.25, -0.2) is 13.6 Å². The topological polar surface area (TPSA) is 58.6 Å². The minimum atomic E-state index is -1.49. The van der Waals surface area contributed by atoms with Crippen molar-refractivity contribution in [2.45, 2.75) is 25.4 Å². The summed E-state index contributed by atoms with van der Waals surface area (Å²) in [6.07, 6.45) is 1.78. The molecule has 0 saturated carbocycles. The molecule has 1 fully saturated rings. The Kier molecular flexibility index (Phi) is 3.71. The lowest BCUT2D eigenvalue weighted by Gasteiger charge is -2.24. The van der Waals surface area contributed by atoms with Crippen LogP contribution < -0.4 is 5.32 Å². The van der Waals surface area contributed by atoms with Gasteiger partial charge in [0.25, 0.3) is 0 Å². The van der Waals surface area contributed by atoms with Crippen LogP contribution in [0.3, 0.4) is 0 Å². The predicted octanol–water partition coefficient (Wildman–Crippen LogP) is 2.64. The van der Waals surface area contributed by atoms with E-state index in [-0.39, 0.29) is 5.69 Å². The average Bonchev–Trinajstić information content (AvgIpc) is 2.78. The Bertz CT molecular complexity index is 499. The summed E-state index contributed by atoms with van der Waals surface area (Å²) in [7, 11) is 0. The second-order valence-corrected chi connectivity index (χ2v) is 4.85. The quantitative estimate of drug-likeness (QED) is 0.884. The molecule has 0 spiro atoms. The van der Waals surface area contributed by atoms with Crippen molar-refractivity contribution in [3.8, 4) is 0 Å². The van der Waals surface area contributed by atoms with E-state index in [1.54, 1.807) is 0 Å². The van der Waals surface area contributed by atoms with E-state index >= 15 is 0 Å². The van der Waals surface area contributed by atoms with Gasteiger partial charge >= 0.3 is 5.97 Å². The summed E-state index contributed by atoms with van der Waals surface area (Å²) in [5.74, 6) is -4.02. The van der Waals surface area contributed by atoms with Gasteiger partial charge in [0.05, 0.1) is 16.9 Å². The first kappa shape index (κ1) is 13.7. The number of anilines is 1. The molecule has 1 heterocycles. The Hall–Kier alpha value is -1.69. The molecule has 1 saturated heterocycles. The zero-order chi connectivity index (χ0) is 14.0. The maximum atomic E-state index is 13.7. The molecule has 19 heavy (non-hydrogen) atoms. The van der Waals surface area contributed by atoms with E-state index in [1.165, 1.54) is 6.07 Å². The number of carboxylic acid groups (broad SMARTS) is 1. The van der Waals surface area contributed by atoms with Crippen molar-refractivity contribution in [2.75, 3.05) is 18.5 Å². The molecular weight excluding hydrogens is 256 g/mol. The lowest BCUT2D eigenvalue weighted by molar-refractivity contribution is 0.0314. The summed E-state index contributed by atoms with van der Waals surface area (Å²) in [5, 5.41) is 11.4. The van der Waals surface area contributed by atoms with Crippen molar-refractivity contribution in [3.05, 3.63) is 29.3 Å². The van der Waals surface area contributed by atoms with E-state index in [0.29, 0.717) is 13.2 Å². The second kappa shape index (κ2) is 5.13. The van der Waals surface area contributed by atoms with E-state index in [4.69, 9.17) is 9.84 Å². The number of halogens is 2. The first-order chi connectivity index (χ1) is 8.93. The summed E-state index contributed by atoms with van der Waals surface area (Å²) in [4.78, 5) is 10.7. The number of aromatic carboxylic acids is 1. The van der Waals surface area contributed by atoms with Crippen LogP contribution in [0.15, 0.2) is 12.1 Å². The minimum absolute atomic E-state index is 0.0563. The summed E-state index contributed by atoms with van der Waals surface area (Å²) >= 11 is 0. The van der Waals surface area contributed by atoms with Crippen LogP contribution in [0, 0.1) is 11.6 Å². The second-order valence-electron chi connectivity index (χ2n) is 4.85. The molecule has 1 aliphatic heterocycles. The lowest BCUT2D eigenvalue weighted by Crippen LogP contribution is -2.32. The van der Waals surface area contributed by atoms with E-state index in [0.717, 1.165) is 18.9 Å². The Balaban J connectivity index is 2.13. The van der Waals surface area contributed by atoms with E-state index in [2.05, 4.69) is 5.32 Å². The molecule has 1 aromatic rings. The third-order valence-corrected chi connectivity index (χ3v) is 3.27. The first-order valence-electron chi connectivity index (χ1n) is 6.02. The van der Waals surface area contributed by atoms with Gasteiger partial charge in [-0.1, -0.05) is 0 Å². The van der Waals surface area contributed by atoms with Crippen LogP contribution >= 0.6 is 0 Å². The van der Waals surface area contributed by atoms with Crippen molar-refractivity contribution in [1.29, 1.82) is 0 Å². The van der Waals surface area contributed by atoms with Crippen LogP contribution in [0.25, 0.3) is 0 Å². The van der Waals surface area contributed by atoms with Gasteiger partial charge in [-0.05, 0) is 31.9 Å². The highest BCUT2D eigenvalue weighted by atomic mass is 19.2. The fourth-order valence-electron chi connectivity index (χ4n) is 2.11. The maximum absolute atomic E-state index is 13.7. The zero-order valence-corrected chi connectivity index (χ0v) is 10.5. The number of nitrogens with one attached hydrogen (secondary N) is 1. The Labute approximate surface area is 109 Å². The van der Waals surface area contributed by atoms with Gasteiger partial charge in [0, 0.05) is 13.2 Å². The summed E-state index contributed by atoms with van der Waals surface area (Å²) < 4.78 is 32.7. The van der Waals surface area contributed by atoms with E-state index in [1.807, 2.05) is 6.92 Å². The number of ether oxygens (including phenoxy) is 1. The van der Waals surface area contributed by atoms with Gasteiger partial charge in [-0.3, -0.25) is 0 Å². The fourth-order valence-corrected chi connectivity index (χ4v) is 2.11. The molecule has 4 nitrogen and oxygen atoms in total. The van der Waals surface area contributed by atoms with Crippen LogP contribution in [0.4, 0.5) is 14.5 Å². The number of carbonyl (C=O) groups is 1. The molecule has 2 rings (SSSR count). The van der Waals surface area contributed by atoms with Gasteiger partial charge in [-0.2, -0.15) is 0 Å². The van der Waals surface area contributed by atoms with Gasteiger partial charge in [0.2, 0.25) is 0 Å². The molecule has 0 amide bonds. The summed E-state index contributed by atoms with van der Waals surface area (Å²) in [6, 6.07) is 2.26. The lowest BCUT2D eigenvalue weighted by atomic mass is 10.0. The van der Waals surface area contributed by atoms with Crippen molar-refractivity contribution < 1.29 is 23.4 Å². The van der Waals surface area contributed by atoms with Gasteiger partial charge in [0.15, 0.2) is 11.6 Å². The fraction of sp³-hybridized carbons (Fsp3) is 0.462. The zero-order valence-electron chi connectivity index (χ0n) is 10.5. The van der Waals surface area contributed by atoms with Crippen LogP contribution in [0.1, 0.15) is 30.1 Å². The molecule has 0 aromatic heterocycles. The van der Waals surface area contributed by atoms with Gasteiger partial charge < -0.3 is 15.2 Å². The summed E-state index contributed by atoms with van der Waals surface area (Å²) in [6.45, 7) is 2.90. The van der Waals surface area contributed by atoms with Gasteiger partial charge in [0.1, 0.15) is 0 Å². The third-order valence-electron chi connectivity index (χ3n) is 3.27. The highest BCUT2D eigenvalue weighted by Crippen LogP contribution is 2.27. The smallest absolute Gasteiger partial charge is 0.338 e. The first-order valence-corrected chi connectivity index (χ1v) is 6.02. The van der Waals surface area contributed by atoms with Crippen molar-refractivity contribution in [2.24, 2.45) is 0 Å².